The summed E-state index contributed by atoms with van der Waals surface area (Å²) in [6, 6.07) is 8.32. The van der Waals surface area contributed by atoms with Crippen LogP contribution in [0.1, 0.15) is 30.4 Å². The standard InChI is InChI=1S/C16H25NO2/c1-14-5-7-15(8-6-14)12-19-13-16(18)11-17-9-3-2-4-10-17/h5-8,16,18H,2-4,9-13H2,1H3. The second-order valence-electron chi connectivity index (χ2n) is 5.52. The van der Waals surface area contributed by atoms with Crippen molar-refractivity contribution in [3.63, 3.8) is 0 Å². The van der Waals surface area contributed by atoms with Crippen LogP contribution in [-0.2, 0) is 11.3 Å². The largest absolute Gasteiger partial charge is 0.389 e. The molecule has 0 spiro atoms. The first kappa shape index (κ1) is 14.5. The molecule has 2 rings (SSSR count). The van der Waals surface area contributed by atoms with Crippen LogP contribution in [0.2, 0.25) is 0 Å². The molecule has 1 aliphatic rings. The fraction of sp³-hybridized carbons (Fsp3) is 0.625. The van der Waals surface area contributed by atoms with Crippen molar-refractivity contribution in [2.45, 2.75) is 38.9 Å². The molecule has 0 aromatic heterocycles. The van der Waals surface area contributed by atoms with E-state index in [2.05, 4.69) is 36.1 Å². The Balaban J connectivity index is 1.63. The molecule has 1 aromatic rings. The fourth-order valence-electron chi connectivity index (χ4n) is 2.49. The van der Waals surface area contributed by atoms with E-state index in [1.807, 2.05) is 0 Å². The monoisotopic (exact) mass is 263 g/mol. The lowest BCUT2D eigenvalue weighted by molar-refractivity contribution is 0.00713. The fourth-order valence-corrected chi connectivity index (χ4v) is 2.49. The summed E-state index contributed by atoms with van der Waals surface area (Å²) in [7, 11) is 0. The first-order valence-corrected chi connectivity index (χ1v) is 7.28. The van der Waals surface area contributed by atoms with Crippen LogP contribution in [0.4, 0.5) is 0 Å². The minimum atomic E-state index is -0.372. The van der Waals surface area contributed by atoms with Gasteiger partial charge >= 0.3 is 0 Å². The molecule has 1 heterocycles. The van der Waals surface area contributed by atoms with E-state index in [0.29, 0.717) is 13.2 Å². The third kappa shape index (κ3) is 5.31. The number of rotatable bonds is 6. The zero-order chi connectivity index (χ0) is 13.5. The zero-order valence-electron chi connectivity index (χ0n) is 11.8. The summed E-state index contributed by atoms with van der Waals surface area (Å²) < 4.78 is 5.59. The highest BCUT2D eigenvalue weighted by Gasteiger charge is 2.14. The minimum Gasteiger partial charge on any atom is -0.389 e. The molecule has 1 fully saturated rings. The first-order valence-electron chi connectivity index (χ1n) is 7.28. The van der Waals surface area contributed by atoms with Crippen molar-refractivity contribution in [3.8, 4) is 0 Å². The summed E-state index contributed by atoms with van der Waals surface area (Å²) in [5.41, 5.74) is 2.42. The van der Waals surface area contributed by atoms with Gasteiger partial charge in [0.25, 0.3) is 0 Å². The predicted octanol–water partition coefficient (Wildman–Crippen LogP) is 2.36. The lowest BCUT2D eigenvalue weighted by Gasteiger charge is -2.28. The maximum absolute atomic E-state index is 9.96. The highest BCUT2D eigenvalue weighted by Crippen LogP contribution is 2.09. The Hall–Kier alpha value is -0.900. The summed E-state index contributed by atoms with van der Waals surface area (Å²) in [6.45, 7) is 6.06. The van der Waals surface area contributed by atoms with Gasteiger partial charge in [-0.25, -0.2) is 0 Å². The Morgan fingerprint density at radius 1 is 1.16 bits per heavy atom. The smallest absolute Gasteiger partial charge is 0.0900 e. The van der Waals surface area contributed by atoms with Crippen molar-refractivity contribution in [2.24, 2.45) is 0 Å². The molecule has 3 nitrogen and oxygen atoms in total. The van der Waals surface area contributed by atoms with Gasteiger partial charge in [0, 0.05) is 6.54 Å². The molecular formula is C16H25NO2. The molecule has 0 aliphatic carbocycles. The highest BCUT2D eigenvalue weighted by atomic mass is 16.5. The van der Waals surface area contributed by atoms with Crippen LogP contribution >= 0.6 is 0 Å². The van der Waals surface area contributed by atoms with Crippen LogP contribution < -0.4 is 0 Å². The third-order valence-corrected chi connectivity index (χ3v) is 3.62. The average Bonchev–Trinajstić information content (AvgIpc) is 2.42. The lowest BCUT2D eigenvalue weighted by atomic mass is 10.1. The van der Waals surface area contributed by atoms with Crippen molar-refractivity contribution in [3.05, 3.63) is 35.4 Å². The Morgan fingerprint density at radius 2 is 1.84 bits per heavy atom. The quantitative estimate of drug-likeness (QED) is 0.855. The number of ether oxygens (including phenoxy) is 1. The molecule has 0 radical (unpaired) electrons. The van der Waals surface area contributed by atoms with Crippen LogP contribution in [-0.4, -0.2) is 42.4 Å². The minimum absolute atomic E-state index is 0.372. The number of β-amino-alcohol motifs (C(OH)–C–C–N with tert-alkyl or cyclic N) is 1. The summed E-state index contributed by atoms with van der Waals surface area (Å²) >= 11 is 0. The van der Waals surface area contributed by atoms with Crippen LogP contribution in [0.15, 0.2) is 24.3 Å². The molecule has 0 bridgehead atoms. The van der Waals surface area contributed by atoms with Gasteiger partial charge in [-0.1, -0.05) is 36.2 Å². The van der Waals surface area contributed by atoms with E-state index < -0.39 is 0 Å². The zero-order valence-corrected chi connectivity index (χ0v) is 11.8. The second kappa shape index (κ2) is 7.63. The summed E-state index contributed by atoms with van der Waals surface area (Å²) in [5.74, 6) is 0. The van der Waals surface area contributed by atoms with Crippen LogP contribution in [0, 0.1) is 6.92 Å². The van der Waals surface area contributed by atoms with Gasteiger partial charge in [0.15, 0.2) is 0 Å². The Labute approximate surface area is 116 Å². The highest BCUT2D eigenvalue weighted by molar-refractivity contribution is 5.20. The summed E-state index contributed by atoms with van der Waals surface area (Å²) in [6.07, 6.45) is 3.48. The van der Waals surface area contributed by atoms with Crippen LogP contribution in [0.25, 0.3) is 0 Å². The van der Waals surface area contributed by atoms with Gasteiger partial charge in [0.2, 0.25) is 0 Å². The number of hydrogen-bond acceptors (Lipinski definition) is 3. The van der Waals surface area contributed by atoms with E-state index in [1.54, 1.807) is 0 Å². The number of aliphatic hydroxyl groups is 1. The Kier molecular flexibility index (Phi) is 5.83. The molecule has 1 aromatic carbocycles. The number of likely N-dealkylation sites (tertiary alicyclic amines) is 1. The van der Waals surface area contributed by atoms with E-state index in [9.17, 15) is 5.11 Å². The molecule has 1 aliphatic heterocycles. The van der Waals surface area contributed by atoms with Crippen molar-refractivity contribution in [2.75, 3.05) is 26.2 Å². The number of benzene rings is 1. The normalized spacial score (nSPS) is 18.4. The van der Waals surface area contributed by atoms with Gasteiger partial charge in [-0.3, -0.25) is 0 Å². The van der Waals surface area contributed by atoms with Gasteiger partial charge in [0.1, 0.15) is 0 Å². The van der Waals surface area contributed by atoms with Crippen molar-refractivity contribution in [1.29, 1.82) is 0 Å². The van der Waals surface area contributed by atoms with Gasteiger partial charge in [-0.15, -0.1) is 0 Å². The first-order chi connectivity index (χ1) is 9.24. The molecule has 1 N–H and O–H groups in total. The van der Waals surface area contributed by atoms with Gasteiger partial charge in [-0.05, 0) is 38.4 Å². The number of aryl methyl sites for hydroxylation is 1. The number of hydrogen-bond donors (Lipinski definition) is 1. The lowest BCUT2D eigenvalue weighted by Crippen LogP contribution is -2.38. The van der Waals surface area contributed by atoms with Crippen LogP contribution in [0.3, 0.4) is 0 Å². The average molecular weight is 263 g/mol. The van der Waals surface area contributed by atoms with Crippen LogP contribution in [0.5, 0.6) is 0 Å². The van der Waals surface area contributed by atoms with E-state index >= 15 is 0 Å². The SMILES string of the molecule is Cc1ccc(COCC(O)CN2CCCCC2)cc1. The molecule has 1 atom stereocenters. The predicted molar refractivity (Wildman–Crippen MR) is 77.1 cm³/mol. The van der Waals surface area contributed by atoms with E-state index in [1.165, 1.54) is 24.8 Å². The summed E-state index contributed by atoms with van der Waals surface area (Å²) in [4.78, 5) is 2.34. The number of nitrogens with zero attached hydrogens (tertiary/aromatic N) is 1. The molecule has 1 unspecified atom stereocenters. The van der Waals surface area contributed by atoms with Crippen molar-refractivity contribution >= 4 is 0 Å². The van der Waals surface area contributed by atoms with Gasteiger partial charge in [-0.2, -0.15) is 0 Å². The maximum atomic E-state index is 9.96. The van der Waals surface area contributed by atoms with Gasteiger partial charge < -0.3 is 14.7 Å². The van der Waals surface area contributed by atoms with E-state index in [4.69, 9.17) is 4.74 Å². The third-order valence-electron chi connectivity index (χ3n) is 3.62. The second-order valence-corrected chi connectivity index (χ2v) is 5.52. The van der Waals surface area contributed by atoms with E-state index in [0.717, 1.165) is 25.2 Å². The van der Waals surface area contributed by atoms with Crippen molar-refractivity contribution < 1.29 is 9.84 Å². The molecule has 19 heavy (non-hydrogen) atoms. The summed E-state index contributed by atoms with van der Waals surface area (Å²) in [5, 5.41) is 9.96. The number of aliphatic hydroxyl groups excluding tert-OH is 1. The molecule has 106 valence electrons. The molecule has 0 saturated carbocycles. The topological polar surface area (TPSA) is 32.7 Å². The van der Waals surface area contributed by atoms with Crippen molar-refractivity contribution in [1.82, 2.24) is 4.90 Å². The molecule has 0 amide bonds. The molecule has 3 heteroatoms. The Morgan fingerprint density at radius 3 is 2.53 bits per heavy atom. The van der Waals surface area contributed by atoms with E-state index in [-0.39, 0.29) is 6.10 Å². The van der Waals surface area contributed by atoms with Gasteiger partial charge in [0.05, 0.1) is 19.3 Å². The molecule has 1 saturated heterocycles. The maximum Gasteiger partial charge on any atom is 0.0900 e. The Bertz CT molecular complexity index is 358. The molecular weight excluding hydrogens is 238 g/mol. The number of piperidine rings is 1.